The number of hydrogen-bond donors (Lipinski definition) is 3. The van der Waals surface area contributed by atoms with E-state index in [9.17, 15) is 19.8 Å². The zero-order valence-corrected chi connectivity index (χ0v) is 11.4. The van der Waals surface area contributed by atoms with Crippen molar-refractivity contribution < 1.29 is 29.6 Å². The fraction of sp³-hybridized carbons (Fsp3) is 0.467. The van der Waals surface area contributed by atoms with E-state index in [1.54, 1.807) is 30.3 Å². The molecule has 114 valence electrons. The normalized spacial score (nSPS) is 28.3. The standard InChI is InChI=1S/C15H18O6/c16-8-11-10(6-14(18)19)12(17)7-13(11)21-15(20)9-4-2-1-3-5-9/h1-5,10-13,16-17H,6-8H2,(H,18,19). The van der Waals surface area contributed by atoms with Gasteiger partial charge in [-0.1, -0.05) is 18.2 Å². The van der Waals surface area contributed by atoms with Crippen LogP contribution in [0, 0.1) is 11.8 Å². The maximum atomic E-state index is 12.0. The van der Waals surface area contributed by atoms with Crippen molar-refractivity contribution in [2.45, 2.75) is 25.0 Å². The summed E-state index contributed by atoms with van der Waals surface area (Å²) in [6, 6.07) is 8.40. The summed E-state index contributed by atoms with van der Waals surface area (Å²) in [4.78, 5) is 22.8. The highest BCUT2D eigenvalue weighted by Gasteiger charge is 2.45. The molecule has 6 nitrogen and oxygen atoms in total. The Kier molecular flexibility index (Phi) is 4.93. The third-order valence-electron chi connectivity index (χ3n) is 3.88. The molecule has 21 heavy (non-hydrogen) atoms. The predicted octanol–water partition coefficient (Wildman–Crippen LogP) is 0.676. The number of ether oxygens (including phenoxy) is 1. The van der Waals surface area contributed by atoms with E-state index in [-0.39, 0.29) is 19.4 Å². The first kappa shape index (κ1) is 15.5. The van der Waals surface area contributed by atoms with Gasteiger partial charge in [0.2, 0.25) is 0 Å². The Morgan fingerprint density at radius 3 is 2.43 bits per heavy atom. The maximum absolute atomic E-state index is 12.0. The van der Waals surface area contributed by atoms with Crippen molar-refractivity contribution in [3.8, 4) is 0 Å². The molecule has 0 heterocycles. The zero-order valence-electron chi connectivity index (χ0n) is 11.4. The van der Waals surface area contributed by atoms with Crippen molar-refractivity contribution in [1.29, 1.82) is 0 Å². The third-order valence-corrected chi connectivity index (χ3v) is 3.88. The molecule has 0 spiro atoms. The first-order chi connectivity index (χ1) is 10.0. The number of rotatable bonds is 5. The molecule has 0 radical (unpaired) electrons. The molecule has 3 N–H and O–H groups in total. The number of hydrogen-bond acceptors (Lipinski definition) is 5. The Bertz CT molecular complexity index is 500. The third kappa shape index (κ3) is 3.59. The molecule has 4 unspecified atom stereocenters. The van der Waals surface area contributed by atoms with E-state index in [0.717, 1.165) is 0 Å². The molecule has 1 aliphatic carbocycles. The number of aliphatic carboxylic acids is 1. The van der Waals surface area contributed by atoms with Crippen molar-refractivity contribution in [2.24, 2.45) is 11.8 Å². The molecular weight excluding hydrogens is 276 g/mol. The lowest BCUT2D eigenvalue weighted by Crippen LogP contribution is -2.30. The number of carbonyl (C=O) groups is 2. The maximum Gasteiger partial charge on any atom is 0.338 e. The van der Waals surface area contributed by atoms with Crippen LogP contribution in [-0.2, 0) is 9.53 Å². The summed E-state index contributed by atoms with van der Waals surface area (Å²) >= 11 is 0. The lowest BCUT2D eigenvalue weighted by molar-refractivity contribution is -0.139. The van der Waals surface area contributed by atoms with E-state index in [1.165, 1.54) is 0 Å². The van der Waals surface area contributed by atoms with Gasteiger partial charge in [-0.3, -0.25) is 4.79 Å². The van der Waals surface area contributed by atoms with Gasteiger partial charge >= 0.3 is 11.9 Å². The molecule has 4 atom stereocenters. The second-order valence-corrected chi connectivity index (χ2v) is 5.22. The average molecular weight is 294 g/mol. The fourth-order valence-electron chi connectivity index (χ4n) is 2.81. The molecule has 1 fully saturated rings. The second kappa shape index (κ2) is 6.69. The highest BCUT2D eigenvalue weighted by atomic mass is 16.5. The Morgan fingerprint density at radius 1 is 1.19 bits per heavy atom. The van der Waals surface area contributed by atoms with Crippen molar-refractivity contribution in [1.82, 2.24) is 0 Å². The van der Waals surface area contributed by atoms with Crippen molar-refractivity contribution in [3.63, 3.8) is 0 Å². The predicted molar refractivity (Wildman–Crippen MR) is 72.6 cm³/mol. The van der Waals surface area contributed by atoms with Crippen LogP contribution < -0.4 is 0 Å². The van der Waals surface area contributed by atoms with Crippen molar-refractivity contribution in [3.05, 3.63) is 35.9 Å². The summed E-state index contributed by atoms with van der Waals surface area (Å²) in [5.41, 5.74) is 0.380. The summed E-state index contributed by atoms with van der Waals surface area (Å²) in [5, 5.41) is 28.2. The van der Waals surface area contributed by atoms with Gasteiger partial charge in [0.05, 0.1) is 18.1 Å². The van der Waals surface area contributed by atoms with Gasteiger partial charge in [0.15, 0.2) is 0 Å². The van der Waals surface area contributed by atoms with Crippen LogP contribution in [0.5, 0.6) is 0 Å². The summed E-state index contributed by atoms with van der Waals surface area (Å²) in [6.07, 6.45) is -1.69. The molecule has 1 aromatic rings. The van der Waals surface area contributed by atoms with E-state index >= 15 is 0 Å². The highest BCUT2D eigenvalue weighted by molar-refractivity contribution is 5.89. The van der Waals surface area contributed by atoms with Crippen LogP contribution in [0.15, 0.2) is 30.3 Å². The summed E-state index contributed by atoms with van der Waals surface area (Å²) in [6.45, 7) is -0.332. The topological polar surface area (TPSA) is 104 Å². The second-order valence-electron chi connectivity index (χ2n) is 5.22. The van der Waals surface area contributed by atoms with Gasteiger partial charge in [-0.05, 0) is 12.1 Å². The van der Waals surface area contributed by atoms with E-state index in [2.05, 4.69) is 0 Å². The molecule has 6 heteroatoms. The molecule has 0 aromatic heterocycles. The van der Waals surface area contributed by atoms with Gasteiger partial charge < -0.3 is 20.1 Å². The van der Waals surface area contributed by atoms with E-state index in [1.807, 2.05) is 0 Å². The molecule has 1 saturated carbocycles. The first-order valence-corrected chi connectivity index (χ1v) is 6.79. The lowest BCUT2D eigenvalue weighted by Gasteiger charge is -2.22. The minimum atomic E-state index is -1.05. The number of benzene rings is 1. The van der Waals surface area contributed by atoms with Crippen molar-refractivity contribution >= 4 is 11.9 Å². The molecular formula is C15H18O6. The largest absolute Gasteiger partial charge is 0.481 e. The fourth-order valence-corrected chi connectivity index (χ4v) is 2.81. The molecule has 1 aliphatic rings. The van der Waals surface area contributed by atoms with Crippen LogP contribution in [0.25, 0.3) is 0 Å². The van der Waals surface area contributed by atoms with Gasteiger partial charge in [0.25, 0.3) is 0 Å². The van der Waals surface area contributed by atoms with Crippen LogP contribution >= 0.6 is 0 Å². The highest BCUT2D eigenvalue weighted by Crippen LogP contribution is 2.36. The van der Waals surface area contributed by atoms with Gasteiger partial charge in [-0.2, -0.15) is 0 Å². The van der Waals surface area contributed by atoms with E-state index < -0.39 is 36.0 Å². The monoisotopic (exact) mass is 294 g/mol. The summed E-state index contributed by atoms with van der Waals surface area (Å²) in [7, 11) is 0. The minimum absolute atomic E-state index is 0.141. The lowest BCUT2D eigenvalue weighted by atomic mass is 9.91. The number of esters is 1. The Labute approximate surface area is 122 Å². The average Bonchev–Trinajstić information content (AvgIpc) is 2.74. The zero-order chi connectivity index (χ0) is 15.4. The van der Waals surface area contributed by atoms with Gasteiger partial charge in [0, 0.05) is 24.9 Å². The number of aliphatic hydroxyl groups is 2. The molecule has 2 rings (SSSR count). The minimum Gasteiger partial charge on any atom is -0.481 e. The van der Waals surface area contributed by atoms with Crippen molar-refractivity contribution in [2.75, 3.05) is 6.61 Å². The van der Waals surface area contributed by atoms with Gasteiger partial charge in [-0.15, -0.1) is 0 Å². The molecule has 0 aliphatic heterocycles. The Balaban J connectivity index is 2.06. The van der Waals surface area contributed by atoms with E-state index in [4.69, 9.17) is 9.84 Å². The first-order valence-electron chi connectivity index (χ1n) is 6.79. The van der Waals surface area contributed by atoms with E-state index in [0.29, 0.717) is 5.56 Å². The number of carboxylic acid groups (broad SMARTS) is 1. The van der Waals surface area contributed by atoms with Crippen LogP contribution in [0.1, 0.15) is 23.2 Å². The SMILES string of the molecule is O=C(O)CC1C(O)CC(OC(=O)c2ccccc2)C1CO. The van der Waals surface area contributed by atoms with Crippen LogP contribution in [0.4, 0.5) is 0 Å². The number of carbonyl (C=O) groups excluding carboxylic acids is 1. The number of aliphatic hydroxyl groups excluding tert-OH is 2. The summed E-state index contributed by atoms with van der Waals surface area (Å²) in [5.74, 6) is -2.76. The quantitative estimate of drug-likeness (QED) is 0.690. The smallest absolute Gasteiger partial charge is 0.338 e. The van der Waals surface area contributed by atoms with Crippen LogP contribution in [0.3, 0.4) is 0 Å². The molecule has 0 amide bonds. The molecule has 0 saturated heterocycles. The summed E-state index contributed by atoms with van der Waals surface area (Å²) < 4.78 is 5.33. The van der Waals surface area contributed by atoms with Gasteiger partial charge in [0.1, 0.15) is 6.10 Å². The molecule has 0 bridgehead atoms. The van der Waals surface area contributed by atoms with Crippen LogP contribution in [-0.4, -0.2) is 46.1 Å². The molecule has 1 aromatic carbocycles. The van der Waals surface area contributed by atoms with Crippen LogP contribution in [0.2, 0.25) is 0 Å². The van der Waals surface area contributed by atoms with Gasteiger partial charge in [-0.25, -0.2) is 4.79 Å². The Hall–Kier alpha value is -1.92. The Morgan fingerprint density at radius 2 is 1.86 bits per heavy atom. The number of carboxylic acids is 1.